The van der Waals surface area contributed by atoms with Crippen LogP contribution in [-0.4, -0.2) is 10.5 Å². The number of hydrogen-bond donors (Lipinski definition) is 1. The zero-order valence-electron chi connectivity index (χ0n) is 6.02. The van der Waals surface area contributed by atoms with Crippen LogP contribution in [0, 0.1) is 5.92 Å². The van der Waals surface area contributed by atoms with Crippen LogP contribution < -0.4 is 0 Å². The first-order valence-electron chi connectivity index (χ1n) is 3.73. The predicted octanol–water partition coefficient (Wildman–Crippen LogP) is 2.86. The summed E-state index contributed by atoms with van der Waals surface area (Å²) in [7, 11) is 0. The molecule has 1 rings (SSSR count). The molecule has 1 fully saturated rings. The molecule has 0 radical (unpaired) electrons. The van der Waals surface area contributed by atoms with E-state index in [0.29, 0.717) is 0 Å². The highest BCUT2D eigenvalue weighted by Gasteiger charge is 2.24. The molecule has 2 atom stereocenters. The molecule has 2 unspecified atom stereocenters. The lowest BCUT2D eigenvalue weighted by molar-refractivity contribution is 0.282. The maximum absolute atomic E-state index is 9.07. The Morgan fingerprint density at radius 1 is 1.40 bits per heavy atom. The third kappa shape index (κ3) is 1.66. The van der Waals surface area contributed by atoms with Crippen molar-refractivity contribution < 1.29 is 5.11 Å². The summed E-state index contributed by atoms with van der Waals surface area (Å²) in [6.07, 6.45) is 4.39. The summed E-state index contributed by atoms with van der Waals surface area (Å²) < 4.78 is 0. The van der Waals surface area contributed by atoms with Crippen LogP contribution in [0.15, 0.2) is 12.3 Å². The third-order valence-corrected chi connectivity index (χ3v) is 2.63. The molecule has 1 saturated carbocycles. The quantitative estimate of drug-likeness (QED) is 0.462. The minimum Gasteiger partial charge on any atom is -0.513 e. The molecule has 0 aromatic heterocycles. The van der Waals surface area contributed by atoms with Crippen molar-refractivity contribution in [3.63, 3.8) is 0 Å². The van der Waals surface area contributed by atoms with Gasteiger partial charge in [0.15, 0.2) is 0 Å². The maximum Gasteiger partial charge on any atom is 0.0896 e. The van der Waals surface area contributed by atoms with Gasteiger partial charge in [0, 0.05) is 11.3 Å². The molecule has 0 spiro atoms. The van der Waals surface area contributed by atoms with E-state index in [2.05, 4.69) is 6.58 Å². The second-order valence-electron chi connectivity index (χ2n) is 2.90. The van der Waals surface area contributed by atoms with Gasteiger partial charge >= 0.3 is 0 Å². The second-order valence-corrected chi connectivity index (χ2v) is 3.46. The molecule has 0 aliphatic heterocycles. The SMILES string of the molecule is C=C(O)C1CCCCC1Cl. The van der Waals surface area contributed by atoms with Gasteiger partial charge in [-0.05, 0) is 12.8 Å². The average molecular weight is 161 g/mol. The van der Waals surface area contributed by atoms with Gasteiger partial charge in [0.25, 0.3) is 0 Å². The zero-order chi connectivity index (χ0) is 7.56. The summed E-state index contributed by atoms with van der Waals surface area (Å²) in [5, 5.41) is 9.19. The first-order chi connectivity index (χ1) is 4.72. The van der Waals surface area contributed by atoms with Gasteiger partial charge in [-0.2, -0.15) is 0 Å². The van der Waals surface area contributed by atoms with Crippen molar-refractivity contribution in [2.24, 2.45) is 5.92 Å². The van der Waals surface area contributed by atoms with Crippen molar-refractivity contribution in [1.82, 2.24) is 0 Å². The predicted molar refractivity (Wildman–Crippen MR) is 43.4 cm³/mol. The number of rotatable bonds is 1. The fraction of sp³-hybridized carbons (Fsp3) is 0.750. The third-order valence-electron chi connectivity index (χ3n) is 2.11. The van der Waals surface area contributed by atoms with E-state index in [-0.39, 0.29) is 17.1 Å². The normalized spacial score (nSPS) is 33.7. The Kier molecular flexibility index (Phi) is 2.61. The van der Waals surface area contributed by atoms with Crippen LogP contribution in [0.2, 0.25) is 0 Å². The molecule has 0 aromatic rings. The van der Waals surface area contributed by atoms with Crippen molar-refractivity contribution in [3.05, 3.63) is 12.3 Å². The molecule has 1 aliphatic carbocycles. The number of aliphatic hydroxyl groups excluding tert-OH is 1. The molecule has 0 heterocycles. The van der Waals surface area contributed by atoms with Crippen LogP contribution in [0.25, 0.3) is 0 Å². The average Bonchev–Trinajstić information content (AvgIpc) is 1.88. The molecule has 0 aromatic carbocycles. The standard InChI is InChI=1S/C8H13ClO/c1-6(10)7-4-2-3-5-8(7)9/h7-8,10H,1-5H2. The van der Waals surface area contributed by atoms with E-state index >= 15 is 0 Å². The Morgan fingerprint density at radius 2 is 2.00 bits per heavy atom. The first-order valence-corrected chi connectivity index (χ1v) is 4.17. The summed E-state index contributed by atoms with van der Waals surface area (Å²) in [5.74, 6) is 0.412. The molecule has 0 amide bonds. The minimum absolute atomic E-state index is 0.117. The summed E-state index contributed by atoms with van der Waals surface area (Å²) in [4.78, 5) is 0. The lowest BCUT2D eigenvalue weighted by Crippen LogP contribution is -2.20. The van der Waals surface area contributed by atoms with Gasteiger partial charge in [0.2, 0.25) is 0 Å². The molecule has 0 saturated heterocycles. The molecule has 2 heteroatoms. The number of hydrogen-bond acceptors (Lipinski definition) is 1. The summed E-state index contributed by atoms with van der Waals surface area (Å²) >= 11 is 5.96. The molecule has 1 aliphatic rings. The Hall–Kier alpha value is -0.170. The molecule has 1 nitrogen and oxygen atoms in total. The Balaban J connectivity index is 2.47. The summed E-state index contributed by atoms with van der Waals surface area (Å²) in [5.41, 5.74) is 0. The van der Waals surface area contributed by atoms with E-state index in [4.69, 9.17) is 16.7 Å². The van der Waals surface area contributed by atoms with E-state index in [0.717, 1.165) is 12.8 Å². The van der Waals surface area contributed by atoms with E-state index in [1.54, 1.807) is 0 Å². The number of alkyl halides is 1. The van der Waals surface area contributed by atoms with Gasteiger partial charge < -0.3 is 5.11 Å². The Bertz CT molecular complexity index is 133. The van der Waals surface area contributed by atoms with Crippen LogP contribution in [-0.2, 0) is 0 Å². The Morgan fingerprint density at radius 3 is 2.40 bits per heavy atom. The second kappa shape index (κ2) is 3.29. The highest BCUT2D eigenvalue weighted by atomic mass is 35.5. The monoisotopic (exact) mass is 160 g/mol. The van der Waals surface area contributed by atoms with Gasteiger partial charge in [-0.25, -0.2) is 0 Å². The fourth-order valence-electron chi connectivity index (χ4n) is 1.46. The smallest absolute Gasteiger partial charge is 0.0896 e. The van der Waals surface area contributed by atoms with Gasteiger partial charge in [-0.1, -0.05) is 19.4 Å². The van der Waals surface area contributed by atoms with Crippen molar-refractivity contribution in [3.8, 4) is 0 Å². The van der Waals surface area contributed by atoms with E-state index in [9.17, 15) is 0 Å². The van der Waals surface area contributed by atoms with Crippen LogP contribution in [0.1, 0.15) is 25.7 Å². The minimum atomic E-state index is 0.117. The first kappa shape index (κ1) is 7.93. The van der Waals surface area contributed by atoms with Crippen LogP contribution >= 0.6 is 11.6 Å². The zero-order valence-corrected chi connectivity index (χ0v) is 6.77. The van der Waals surface area contributed by atoms with Crippen molar-refractivity contribution >= 4 is 11.6 Å². The van der Waals surface area contributed by atoms with Crippen LogP contribution in [0.5, 0.6) is 0 Å². The number of aliphatic hydroxyl groups is 1. The van der Waals surface area contributed by atoms with Gasteiger partial charge in [0.05, 0.1) is 5.76 Å². The fourth-order valence-corrected chi connectivity index (χ4v) is 1.89. The van der Waals surface area contributed by atoms with Crippen molar-refractivity contribution in [1.29, 1.82) is 0 Å². The lowest BCUT2D eigenvalue weighted by atomic mass is 9.88. The van der Waals surface area contributed by atoms with E-state index in [1.807, 2.05) is 0 Å². The van der Waals surface area contributed by atoms with Gasteiger partial charge in [0.1, 0.15) is 0 Å². The number of allylic oxidation sites excluding steroid dienone is 1. The molecule has 10 heavy (non-hydrogen) atoms. The molecule has 1 N–H and O–H groups in total. The Labute approximate surface area is 66.7 Å². The van der Waals surface area contributed by atoms with Crippen molar-refractivity contribution in [2.45, 2.75) is 31.1 Å². The maximum atomic E-state index is 9.07. The lowest BCUT2D eigenvalue weighted by Gasteiger charge is -2.25. The highest BCUT2D eigenvalue weighted by molar-refractivity contribution is 6.21. The van der Waals surface area contributed by atoms with Crippen molar-refractivity contribution in [2.75, 3.05) is 0 Å². The topological polar surface area (TPSA) is 20.2 Å². The molecular formula is C8H13ClO. The van der Waals surface area contributed by atoms with Gasteiger partial charge in [-0.15, -0.1) is 11.6 Å². The largest absolute Gasteiger partial charge is 0.513 e. The van der Waals surface area contributed by atoms with Crippen LogP contribution in [0.4, 0.5) is 0 Å². The number of halogens is 1. The summed E-state index contributed by atoms with van der Waals surface area (Å²) in [6.45, 7) is 3.50. The molecular weight excluding hydrogens is 148 g/mol. The molecule has 58 valence electrons. The highest BCUT2D eigenvalue weighted by Crippen LogP contribution is 2.31. The van der Waals surface area contributed by atoms with Crippen LogP contribution in [0.3, 0.4) is 0 Å². The van der Waals surface area contributed by atoms with E-state index in [1.165, 1.54) is 12.8 Å². The summed E-state index contributed by atoms with van der Waals surface area (Å²) in [6, 6.07) is 0. The molecule has 0 bridgehead atoms. The van der Waals surface area contributed by atoms with E-state index < -0.39 is 0 Å². The van der Waals surface area contributed by atoms with Gasteiger partial charge in [-0.3, -0.25) is 0 Å².